The summed E-state index contributed by atoms with van der Waals surface area (Å²) >= 11 is 0. The van der Waals surface area contributed by atoms with Crippen LogP contribution in [0.4, 0.5) is 22.4 Å². The van der Waals surface area contributed by atoms with Crippen LogP contribution in [0.5, 0.6) is 0 Å². The van der Waals surface area contributed by atoms with Gasteiger partial charge < -0.3 is 5.43 Å². The monoisotopic (exact) mass is 505 g/mol. The van der Waals surface area contributed by atoms with Crippen LogP contribution in [0.15, 0.2) is 46.7 Å². The first-order valence-corrected chi connectivity index (χ1v) is 12.2. The first kappa shape index (κ1) is 24.6. The number of pyridine rings is 1. The largest absolute Gasteiger partial charge is 0.491 e. The van der Waals surface area contributed by atoms with Crippen LogP contribution >= 0.6 is 0 Å². The van der Waals surface area contributed by atoms with Crippen LogP contribution < -0.4 is 10.7 Å². The zero-order valence-electron chi connectivity index (χ0n) is 20.0. The van der Waals surface area contributed by atoms with E-state index in [2.05, 4.69) is 20.8 Å². The van der Waals surface area contributed by atoms with Crippen LogP contribution in [-0.2, 0) is 0 Å². The van der Waals surface area contributed by atoms with Crippen molar-refractivity contribution in [3.8, 4) is 0 Å². The lowest BCUT2D eigenvalue weighted by Crippen LogP contribution is -2.57. The van der Waals surface area contributed by atoms with E-state index in [9.17, 15) is 22.4 Å². The van der Waals surface area contributed by atoms with Crippen molar-refractivity contribution in [1.82, 2.24) is 20.6 Å². The summed E-state index contributed by atoms with van der Waals surface area (Å²) in [6, 6.07) is 2.53. The molecule has 192 valence electrons. The van der Waals surface area contributed by atoms with Crippen molar-refractivity contribution < 1.29 is 26.9 Å². The zero-order chi connectivity index (χ0) is 25.4. The van der Waals surface area contributed by atoms with Gasteiger partial charge in [0.25, 0.3) is 5.92 Å². The Kier molecular flexibility index (Phi) is 6.67. The van der Waals surface area contributed by atoms with E-state index < -0.39 is 42.6 Å². The molecule has 3 aliphatic heterocycles. The lowest BCUT2D eigenvalue weighted by Gasteiger charge is -2.36. The summed E-state index contributed by atoms with van der Waals surface area (Å²) in [4.78, 5) is 18.6. The number of amides is 2. The lowest BCUT2D eigenvalue weighted by atomic mass is 9.88. The number of urea groups is 1. The molecule has 3 unspecified atom stereocenters. The predicted octanol–water partition coefficient (Wildman–Crippen LogP) is 3.46. The van der Waals surface area contributed by atoms with Gasteiger partial charge in [0.1, 0.15) is 24.2 Å². The Morgan fingerprint density at radius 3 is 2.97 bits per heavy atom. The minimum atomic E-state index is -3.09. The van der Waals surface area contributed by atoms with Gasteiger partial charge >= 0.3 is 6.03 Å². The Hall–Kier alpha value is -3.08. The fraction of sp³-hybridized carbons (Fsp3) is 0.520. The molecule has 5 rings (SSSR count). The summed E-state index contributed by atoms with van der Waals surface area (Å²) < 4.78 is 58.9. The Morgan fingerprint density at radius 1 is 1.36 bits per heavy atom. The summed E-state index contributed by atoms with van der Waals surface area (Å²) in [5.41, 5.74) is 5.58. The average Bonchev–Trinajstić information content (AvgIpc) is 3.24. The number of nitrogens with one attached hydrogen (secondary N) is 2. The van der Waals surface area contributed by atoms with Crippen molar-refractivity contribution in [2.24, 2.45) is 11.0 Å². The minimum Gasteiger partial charge on any atom is -0.305 e. The number of aryl methyl sites for hydroxylation is 1. The number of hydrazone groups is 1. The van der Waals surface area contributed by atoms with Gasteiger partial charge in [0.2, 0.25) is 0 Å². The maximum absolute atomic E-state index is 14.5. The van der Waals surface area contributed by atoms with E-state index in [1.54, 1.807) is 12.4 Å². The van der Waals surface area contributed by atoms with Crippen LogP contribution in [0, 0.1) is 12.8 Å². The Labute approximate surface area is 206 Å². The molecule has 0 bridgehead atoms. The number of fused-ring (bicyclic) bond motifs is 1. The molecule has 0 saturated carbocycles. The normalized spacial score (nSPS) is 28.0. The number of carbonyl (C=O) groups excluding carboxylic acids is 1. The van der Waals surface area contributed by atoms with Gasteiger partial charge in [-0.2, -0.15) is 9.90 Å². The van der Waals surface area contributed by atoms with E-state index in [-0.39, 0.29) is 43.5 Å². The summed E-state index contributed by atoms with van der Waals surface area (Å²) in [6.45, 7) is 1.46. The number of carbonyl (C=O) groups is 1. The molecule has 7 nitrogen and oxygen atoms in total. The van der Waals surface area contributed by atoms with Gasteiger partial charge in [-0.05, 0) is 31.6 Å². The number of hydrogen-bond acceptors (Lipinski definition) is 5. The highest BCUT2D eigenvalue weighted by molar-refractivity contribution is 6.04. The molecule has 1 aromatic heterocycles. The predicted molar refractivity (Wildman–Crippen MR) is 127 cm³/mol. The molecule has 2 N–H and O–H groups in total. The third-order valence-corrected chi connectivity index (χ3v) is 7.11. The standard InChI is InChI=1S/C25H28F4N6O/c1-15-9-16(5-7-30-15)23-19-13-35(8-6-22(19)32-33-23)24(36)31-17-10-25(28,29)14-34(11-17)12-18-20(26)3-2-4-21(18)27/h3,5,7-9,17,19,22H,2,4,6,10-14H2,1H3,(H-,30,31,32,36)/p+1. The first-order chi connectivity index (χ1) is 17.2. The fourth-order valence-electron chi connectivity index (χ4n) is 5.40. The zero-order valence-corrected chi connectivity index (χ0v) is 20.0. The van der Waals surface area contributed by atoms with Crippen molar-refractivity contribution in [3.05, 3.63) is 52.9 Å². The topological polar surface area (TPSA) is 72.6 Å². The van der Waals surface area contributed by atoms with Crippen molar-refractivity contribution in [2.75, 3.05) is 26.2 Å². The van der Waals surface area contributed by atoms with Crippen molar-refractivity contribution in [3.63, 3.8) is 0 Å². The summed E-state index contributed by atoms with van der Waals surface area (Å²) in [7, 11) is 0. The molecule has 1 fully saturated rings. The number of alkyl halides is 2. The van der Waals surface area contributed by atoms with Crippen LogP contribution in [0.3, 0.4) is 0 Å². The quantitative estimate of drug-likeness (QED) is 0.486. The highest BCUT2D eigenvalue weighted by atomic mass is 19.3. The molecule has 1 aliphatic carbocycles. The molecule has 4 heterocycles. The highest BCUT2D eigenvalue weighted by Crippen LogP contribution is 2.32. The molecule has 0 radical (unpaired) electrons. The van der Waals surface area contributed by atoms with E-state index in [0.29, 0.717) is 13.0 Å². The molecular weight excluding hydrogens is 476 g/mol. The maximum Gasteiger partial charge on any atom is 0.491 e. The smallest absolute Gasteiger partial charge is 0.305 e. The maximum atomic E-state index is 14.5. The van der Waals surface area contributed by atoms with Gasteiger partial charge in [-0.25, -0.2) is 27.5 Å². The molecule has 0 aromatic carbocycles. The van der Waals surface area contributed by atoms with Gasteiger partial charge in [0, 0.05) is 49.0 Å². The number of halogens is 4. The van der Waals surface area contributed by atoms with Crippen molar-refractivity contribution in [2.45, 2.75) is 50.6 Å². The van der Waals surface area contributed by atoms with E-state index in [1.165, 1.54) is 15.6 Å². The number of nitrogens with zero attached hydrogens (tertiary/aromatic N) is 4. The summed E-state index contributed by atoms with van der Waals surface area (Å²) in [6.07, 6.45) is 5.10. The van der Waals surface area contributed by atoms with Gasteiger partial charge in [0.05, 0.1) is 36.9 Å². The molecule has 2 amide bonds. The third kappa shape index (κ3) is 5.21. The van der Waals surface area contributed by atoms with E-state index in [0.717, 1.165) is 17.0 Å². The Balaban J connectivity index is 1.25. The number of allylic oxidation sites excluding steroid dienone is 2. The third-order valence-electron chi connectivity index (χ3n) is 7.11. The molecule has 1 saturated heterocycles. The SMILES string of the molecule is Cc1cc(C2=NNC3CC=[N+](C(=O)NC4CN(CC5=C(F)CCC=C5F)CC(F)(F)C4)CC23)ccn1. The van der Waals surface area contributed by atoms with E-state index >= 15 is 0 Å². The van der Waals surface area contributed by atoms with Gasteiger partial charge in [-0.3, -0.25) is 9.88 Å². The molecule has 4 aliphatic rings. The number of likely N-dealkylation sites (tertiary alicyclic amines) is 1. The second-order valence-electron chi connectivity index (χ2n) is 9.95. The first-order valence-electron chi connectivity index (χ1n) is 12.2. The minimum absolute atomic E-state index is 0.0497. The molecule has 11 heteroatoms. The molecule has 3 atom stereocenters. The van der Waals surface area contributed by atoms with Crippen LogP contribution in [0.1, 0.15) is 36.9 Å². The Morgan fingerprint density at radius 2 is 2.19 bits per heavy atom. The second kappa shape index (κ2) is 9.76. The highest BCUT2D eigenvalue weighted by Gasteiger charge is 2.45. The van der Waals surface area contributed by atoms with Crippen LogP contribution in [0.25, 0.3) is 0 Å². The van der Waals surface area contributed by atoms with E-state index in [1.807, 2.05) is 19.1 Å². The number of rotatable bonds is 4. The van der Waals surface area contributed by atoms with Gasteiger partial charge in [-0.1, -0.05) is 0 Å². The van der Waals surface area contributed by atoms with Crippen molar-refractivity contribution in [1.29, 1.82) is 0 Å². The molecular formula is C25H29F4N6O+. The number of aromatic nitrogens is 1. The Bertz CT molecular complexity index is 1180. The number of piperidine rings is 1. The molecule has 36 heavy (non-hydrogen) atoms. The fourth-order valence-corrected chi connectivity index (χ4v) is 5.40. The second-order valence-corrected chi connectivity index (χ2v) is 9.95. The van der Waals surface area contributed by atoms with Crippen molar-refractivity contribution >= 4 is 18.0 Å². The average molecular weight is 506 g/mol. The van der Waals surface area contributed by atoms with Crippen LogP contribution in [-0.4, -0.2) is 76.6 Å². The van der Waals surface area contributed by atoms with E-state index in [4.69, 9.17) is 0 Å². The van der Waals surface area contributed by atoms with Gasteiger partial charge in [-0.15, -0.1) is 0 Å². The molecule has 0 spiro atoms. The van der Waals surface area contributed by atoms with Crippen LogP contribution in [0.2, 0.25) is 0 Å². The summed E-state index contributed by atoms with van der Waals surface area (Å²) in [5, 5.41) is 7.21. The van der Waals surface area contributed by atoms with Gasteiger partial charge in [0.15, 0.2) is 0 Å². The molecule has 1 aromatic rings. The summed E-state index contributed by atoms with van der Waals surface area (Å²) in [5.74, 6) is -4.44. The number of hydrogen-bond donors (Lipinski definition) is 2. The lowest BCUT2D eigenvalue weighted by molar-refractivity contribution is -0.436.